The number of hydrogen-bond acceptors (Lipinski definition) is 4. The number of aryl methyl sites for hydroxylation is 1. The number of rotatable bonds is 7. The van der Waals surface area contributed by atoms with Crippen LogP contribution in [0.1, 0.15) is 18.9 Å². The van der Waals surface area contributed by atoms with Gasteiger partial charge in [0.2, 0.25) is 5.91 Å². The molecule has 1 aliphatic heterocycles. The third-order valence-electron chi connectivity index (χ3n) is 3.83. The van der Waals surface area contributed by atoms with Gasteiger partial charge in [0.05, 0.1) is 4.91 Å². The SMILES string of the molecule is C=C1SC(C(=O)NO)=CC1C=C/C(=C\C)NC(=O)CCc1ccccc1. The Labute approximate surface area is 157 Å². The summed E-state index contributed by atoms with van der Waals surface area (Å²) in [6.45, 7) is 5.76. The van der Waals surface area contributed by atoms with Crippen LogP contribution in [-0.2, 0) is 16.0 Å². The smallest absolute Gasteiger partial charge is 0.281 e. The summed E-state index contributed by atoms with van der Waals surface area (Å²) in [5.74, 6) is -0.738. The third kappa shape index (κ3) is 5.75. The van der Waals surface area contributed by atoms with Crippen LogP contribution in [0.3, 0.4) is 0 Å². The highest BCUT2D eigenvalue weighted by molar-refractivity contribution is 8.07. The van der Waals surface area contributed by atoms with E-state index in [0.717, 1.165) is 10.5 Å². The topological polar surface area (TPSA) is 78.4 Å². The van der Waals surface area contributed by atoms with Crippen LogP contribution >= 0.6 is 11.8 Å². The number of benzene rings is 1. The summed E-state index contributed by atoms with van der Waals surface area (Å²) in [4.78, 5) is 24.8. The number of thioether (sulfide) groups is 1. The molecule has 2 amide bonds. The number of allylic oxidation sites excluding steroid dienone is 5. The number of hydroxylamine groups is 1. The minimum absolute atomic E-state index is 0.0536. The van der Waals surface area contributed by atoms with Gasteiger partial charge in [-0.25, -0.2) is 5.48 Å². The van der Waals surface area contributed by atoms with Crippen molar-refractivity contribution in [1.29, 1.82) is 0 Å². The van der Waals surface area contributed by atoms with Crippen molar-refractivity contribution in [3.63, 3.8) is 0 Å². The Morgan fingerprint density at radius 2 is 2.04 bits per heavy atom. The molecule has 1 unspecified atom stereocenters. The van der Waals surface area contributed by atoms with E-state index in [1.807, 2.05) is 49.4 Å². The maximum Gasteiger partial charge on any atom is 0.281 e. The minimum Gasteiger partial charge on any atom is -0.326 e. The van der Waals surface area contributed by atoms with Gasteiger partial charge in [-0.15, -0.1) is 0 Å². The summed E-state index contributed by atoms with van der Waals surface area (Å²) in [6, 6.07) is 9.86. The lowest BCUT2D eigenvalue weighted by atomic mass is 10.1. The molecule has 136 valence electrons. The molecule has 3 N–H and O–H groups in total. The number of amides is 2. The molecule has 2 rings (SSSR count). The minimum atomic E-state index is -0.549. The summed E-state index contributed by atoms with van der Waals surface area (Å²) < 4.78 is 0. The molecule has 5 nitrogen and oxygen atoms in total. The van der Waals surface area contributed by atoms with Gasteiger partial charge in [-0.2, -0.15) is 0 Å². The number of carbonyl (C=O) groups excluding carboxylic acids is 2. The second-order valence-electron chi connectivity index (χ2n) is 5.70. The molecule has 0 spiro atoms. The van der Waals surface area contributed by atoms with E-state index >= 15 is 0 Å². The Morgan fingerprint density at radius 1 is 1.31 bits per heavy atom. The highest BCUT2D eigenvalue weighted by Crippen LogP contribution is 2.39. The van der Waals surface area contributed by atoms with Crippen LogP contribution in [0.2, 0.25) is 0 Å². The fourth-order valence-electron chi connectivity index (χ4n) is 2.38. The Morgan fingerprint density at radius 3 is 2.69 bits per heavy atom. The fourth-order valence-corrected chi connectivity index (χ4v) is 3.30. The lowest BCUT2D eigenvalue weighted by Crippen LogP contribution is -2.22. The van der Waals surface area contributed by atoms with Crippen molar-refractivity contribution < 1.29 is 14.8 Å². The van der Waals surface area contributed by atoms with Crippen LogP contribution in [0.4, 0.5) is 0 Å². The zero-order valence-electron chi connectivity index (χ0n) is 14.6. The third-order valence-corrected chi connectivity index (χ3v) is 4.91. The predicted molar refractivity (Wildman–Crippen MR) is 104 cm³/mol. The summed E-state index contributed by atoms with van der Waals surface area (Å²) in [5.41, 5.74) is 3.43. The summed E-state index contributed by atoms with van der Waals surface area (Å²) in [5, 5.41) is 11.6. The average molecular weight is 370 g/mol. The van der Waals surface area contributed by atoms with Gasteiger partial charge in [-0.1, -0.05) is 66.9 Å². The Kier molecular flexibility index (Phi) is 7.44. The quantitative estimate of drug-likeness (QED) is 0.390. The first-order valence-corrected chi connectivity index (χ1v) is 9.06. The Hall–Kier alpha value is -2.57. The van der Waals surface area contributed by atoms with E-state index in [0.29, 0.717) is 23.4 Å². The Bertz CT molecular complexity index is 767. The predicted octanol–water partition coefficient (Wildman–Crippen LogP) is 3.46. The largest absolute Gasteiger partial charge is 0.326 e. The van der Waals surface area contributed by atoms with Gasteiger partial charge < -0.3 is 5.32 Å². The lowest BCUT2D eigenvalue weighted by Gasteiger charge is -2.07. The Balaban J connectivity index is 1.89. The molecule has 6 heteroatoms. The second kappa shape index (κ2) is 9.79. The van der Waals surface area contributed by atoms with Crippen molar-refractivity contribution in [3.05, 3.63) is 82.3 Å². The molecule has 0 aliphatic carbocycles. The normalized spacial score (nSPS) is 17.3. The fraction of sp³-hybridized carbons (Fsp3) is 0.200. The molecule has 0 bridgehead atoms. The van der Waals surface area contributed by atoms with Crippen LogP contribution in [0.15, 0.2) is 76.7 Å². The average Bonchev–Trinajstić information content (AvgIpc) is 3.04. The first-order chi connectivity index (χ1) is 12.5. The van der Waals surface area contributed by atoms with Crippen molar-refractivity contribution in [3.8, 4) is 0 Å². The summed E-state index contributed by atoms with van der Waals surface area (Å²) >= 11 is 1.22. The van der Waals surface area contributed by atoms with E-state index in [9.17, 15) is 9.59 Å². The second-order valence-corrected chi connectivity index (χ2v) is 6.87. The van der Waals surface area contributed by atoms with Gasteiger partial charge in [-0.05, 0) is 29.9 Å². The summed E-state index contributed by atoms with van der Waals surface area (Å²) in [7, 11) is 0. The standard InChI is InChI=1S/C20H22N2O3S/c1-3-17(21-19(23)12-9-15-7-5-4-6-8-15)11-10-16-13-18(20(24)22-25)26-14(16)2/h3-8,10-11,13,16,25H,2,9,12H2,1H3,(H,21,23)(H,22,24)/b11-10?,17-3+. The molecule has 1 aliphatic rings. The van der Waals surface area contributed by atoms with Crippen molar-refractivity contribution in [2.75, 3.05) is 0 Å². The zero-order chi connectivity index (χ0) is 18.9. The number of nitrogens with one attached hydrogen (secondary N) is 2. The maximum atomic E-state index is 12.1. The first kappa shape index (κ1) is 19.8. The molecule has 1 aromatic rings. The van der Waals surface area contributed by atoms with Crippen molar-refractivity contribution in [2.45, 2.75) is 19.8 Å². The first-order valence-electron chi connectivity index (χ1n) is 8.24. The van der Waals surface area contributed by atoms with Gasteiger partial charge in [-0.3, -0.25) is 14.8 Å². The zero-order valence-corrected chi connectivity index (χ0v) is 15.4. The molecule has 0 radical (unpaired) electrons. The van der Waals surface area contributed by atoms with E-state index in [4.69, 9.17) is 5.21 Å². The van der Waals surface area contributed by atoms with Crippen molar-refractivity contribution >= 4 is 23.6 Å². The molecule has 0 saturated carbocycles. The van der Waals surface area contributed by atoms with Gasteiger partial charge in [0, 0.05) is 18.0 Å². The molecule has 1 heterocycles. The van der Waals surface area contributed by atoms with Crippen LogP contribution in [0.25, 0.3) is 0 Å². The maximum absolute atomic E-state index is 12.1. The van der Waals surface area contributed by atoms with E-state index < -0.39 is 5.91 Å². The molecular weight excluding hydrogens is 348 g/mol. The van der Waals surface area contributed by atoms with E-state index in [2.05, 4.69) is 11.9 Å². The molecular formula is C20H22N2O3S. The summed E-state index contributed by atoms with van der Waals surface area (Å²) in [6.07, 6.45) is 8.28. The van der Waals surface area contributed by atoms with Crippen LogP contribution in [-0.4, -0.2) is 17.0 Å². The van der Waals surface area contributed by atoms with Crippen molar-refractivity contribution in [1.82, 2.24) is 10.8 Å². The molecule has 0 aromatic heterocycles. The highest BCUT2D eigenvalue weighted by Gasteiger charge is 2.23. The van der Waals surface area contributed by atoms with Gasteiger partial charge >= 0.3 is 0 Å². The van der Waals surface area contributed by atoms with E-state index in [1.54, 1.807) is 17.6 Å². The van der Waals surface area contributed by atoms with E-state index in [1.165, 1.54) is 11.8 Å². The van der Waals surface area contributed by atoms with Crippen LogP contribution in [0, 0.1) is 5.92 Å². The number of hydrogen-bond donors (Lipinski definition) is 3. The monoisotopic (exact) mass is 370 g/mol. The van der Waals surface area contributed by atoms with Gasteiger partial charge in [0.1, 0.15) is 0 Å². The number of carbonyl (C=O) groups is 2. The lowest BCUT2D eigenvalue weighted by molar-refractivity contribution is -0.124. The highest BCUT2D eigenvalue weighted by atomic mass is 32.2. The van der Waals surface area contributed by atoms with E-state index in [-0.39, 0.29) is 11.8 Å². The molecule has 26 heavy (non-hydrogen) atoms. The van der Waals surface area contributed by atoms with Crippen molar-refractivity contribution in [2.24, 2.45) is 5.92 Å². The molecule has 1 aromatic carbocycles. The van der Waals surface area contributed by atoms with Gasteiger partial charge in [0.15, 0.2) is 0 Å². The molecule has 0 saturated heterocycles. The van der Waals surface area contributed by atoms with Crippen LogP contribution in [0.5, 0.6) is 0 Å². The molecule has 1 atom stereocenters. The molecule has 0 fully saturated rings. The van der Waals surface area contributed by atoms with Crippen LogP contribution < -0.4 is 10.8 Å². The van der Waals surface area contributed by atoms with Gasteiger partial charge in [0.25, 0.3) is 5.91 Å².